The molecule has 1 heterocycles. The van der Waals surface area contributed by atoms with Crippen LogP contribution in [0.3, 0.4) is 0 Å². The Morgan fingerprint density at radius 1 is 1.13 bits per heavy atom. The molecule has 1 N–H and O–H groups in total. The SMILES string of the molecule is O=C(C1CC2CCC1C2)N1CCNCC1. The van der Waals surface area contributed by atoms with Gasteiger partial charge in [0.15, 0.2) is 0 Å². The molecule has 2 aliphatic carbocycles. The molecule has 3 fully saturated rings. The van der Waals surface area contributed by atoms with Crippen LogP contribution in [0.5, 0.6) is 0 Å². The second-order valence-corrected chi connectivity index (χ2v) is 5.36. The molecule has 3 rings (SSSR count). The van der Waals surface area contributed by atoms with E-state index in [1.165, 1.54) is 25.7 Å². The maximum atomic E-state index is 12.3. The third kappa shape index (κ3) is 1.67. The van der Waals surface area contributed by atoms with E-state index in [-0.39, 0.29) is 0 Å². The van der Waals surface area contributed by atoms with Crippen molar-refractivity contribution in [1.82, 2.24) is 10.2 Å². The van der Waals surface area contributed by atoms with Crippen LogP contribution < -0.4 is 5.32 Å². The van der Waals surface area contributed by atoms with Crippen molar-refractivity contribution in [2.45, 2.75) is 25.7 Å². The maximum absolute atomic E-state index is 12.3. The fourth-order valence-electron chi connectivity index (χ4n) is 3.67. The molecule has 1 amide bonds. The van der Waals surface area contributed by atoms with Crippen molar-refractivity contribution < 1.29 is 4.79 Å². The molecular formula is C12H20N2O. The number of hydrogen-bond acceptors (Lipinski definition) is 2. The number of fused-ring (bicyclic) bond motifs is 2. The molecule has 3 heteroatoms. The molecule has 2 saturated carbocycles. The molecule has 0 radical (unpaired) electrons. The van der Waals surface area contributed by atoms with Gasteiger partial charge in [-0.3, -0.25) is 4.79 Å². The maximum Gasteiger partial charge on any atom is 0.226 e. The summed E-state index contributed by atoms with van der Waals surface area (Å²) in [6.45, 7) is 3.80. The minimum absolute atomic E-state index is 0.391. The predicted octanol–water partition coefficient (Wildman–Crippen LogP) is 0.854. The summed E-state index contributed by atoms with van der Waals surface area (Å²) < 4.78 is 0. The molecular weight excluding hydrogens is 188 g/mol. The number of carbonyl (C=O) groups excluding carboxylic acids is 1. The number of rotatable bonds is 1. The first kappa shape index (κ1) is 9.64. The Morgan fingerprint density at radius 2 is 1.93 bits per heavy atom. The van der Waals surface area contributed by atoms with Crippen LogP contribution in [0.2, 0.25) is 0 Å². The van der Waals surface area contributed by atoms with Crippen LogP contribution in [0.25, 0.3) is 0 Å². The zero-order valence-electron chi connectivity index (χ0n) is 9.24. The van der Waals surface area contributed by atoms with E-state index < -0.39 is 0 Å². The molecule has 1 aliphatic heterocycles. The molecule has 0 aromatic rings. The number of carbonyl (C=O) groups is 1. The quantitative estimate of drug-likeness (QED) is 0.693. The van der Waals surface area contributed by atoms with E-state index in [9.17, 15) is 4.79 Å². The van der Waals surface area contributed by atoms with Gasteiger partial charge in [-0.25, -0.2) is 0 Å². The highest BCUT2D eigenvalue weighted by Gasteiger charge is 2.44. The highest BCUT2D eigenvalue weighted by molar-refractivity contribution is 5.79. The number of amides is 1. The molecule has 3 atom stereocenters. The Morgan fingerprint density at radius 3 is 2.53 bits per heavy atom. The summed E-state index contributed by atoms with van der Waals surface area (Å²) in [6, 6.07) is 0. The van der Waals surface area contributed by atoms with E-state index >= 15 is 0 Å². The summed E-state index contributed by atoms with van der Waals surface area (Å²) in [4.78, 5) is 14.4. The second kappa shape index (κ2) is 3.78. The Balaban J connectivity index is 1.64. The molecule has 0 aromatic heterocycles. The number of hydrogen-bond donors (Lipinski definition) is 1. The van der Waals surface area contributed by atoms with E-state index in [2.05, 4.69) is 10.2 Å². The number of piperazine rings is 1. The Hall–Kier alpha value is -0.570. The topological polar surface area (TPSA) is 32.3 Å². The lowest BCUT2D eigenvalue weighted by atomic mass is 9.87. The van der Waals surface area contributed by atoms with Crippen LogP contribution >= 0.6 is 0 Å². The first-order chi connectivity index (χ1) is 7.34. The van der Waals surface area contributed by atoms with E-state index in [1.807, 2.05) is 0 Å². The molecule has 84 valence electrons. The lowest BCUT2D eigenvalue weighted by Crippen LogP contribution is -2.49. The summed E-state index contributed by atoms with van der Waals surface area (Å²) in [5.41, 5.74) is 0. The molecule has 1 saturated heterocycles. The van der Waals surface area contributed by atoms with Crippen LogP contribution in [0.1, 0.15) is 25.7 Å². The Kier molecular flexibility index (Phi) is 2.43. The largest absolute Gasteiger partial charge is 0.340 e. The first-order valence-electron chi connectivity index (χ1n) is 6.34. The van der Waals surface area contributed by atoms with Crippen molar-refractivity contribution in [2.24, 2.45) is 17.8 Å². The van der Waals surface area contributed by atoms with Gasteiger partial charge >= 0.3 is 0 Å². The van der Waals surface area contributed by atoms with Gasteiger partial charge in [-0.1, -0.05) is 6.42 Å². The molecule has 3 nitrogen and oxygen atoms in total. The third-order valence-electron chi connectivity index (χ3n) is 4.48. The van der Waals surface area contributed by atoms with Crippen molar-refractivity contribution in [3.05, 3.63) is 0 Å². The standard InChI is InChI=1S/C12H20N2O/c15-12(14-5-3-13-4-6-14)11-8-9-1-2-10(11)7-9/h9-11,13H,1-8H2. The molecule has 0 aromatic carbocycles. The average molecular weight is 208 g/mol. The van der Waals surface area contributed by atoms with Crippen LogP contribution in [-0.2, 0) is 4.79 Å². The molecule has 0 spiro atoms. The van der Waals surface area contributed by atoms with E-state index in [0.29, 0.717) is 11.8 Å². The average Bonchev–Trinajstić information content (AvgIpc) is 2.91. The summed E-state index contributed by atoms with van der Waals surface area (Å²) >= 11 is 0. The van der Waals surface area contributed by atoms with Gasteiger partial charge < -0.3 is 10.2 Å². The zero-order chi connectivity index (χ0) is 10.3. The lowest BCUT2D eigenvalue weighted by molar-refractivity contribution is -0.137. The zero-order valence-corrected chi connectivity index (χ0v) is 9.24. The minimum atomic E-state index is 0.391. The summed E-state index contributed by atoms with van der Waals surface area (Å²) in [5, 5.41) is 3.30. The van der Waals surface area contributed by atoms with Crippen LogP contribution in [0.15, 0.2) is 0 Å². The van der Waals surface area contributed by atoms with Gasteiger partial charge in [0.1, 0.15) is 0 Å². The predicted molar refractivity (Wildman–Crippen MR) is 58.4 cm³/mol. The summed E-state index contributed by atoms with van der Waals surface area (Å²) in [5.74, 6) is 2.47. The fourth-order valence-corrected chi connectivity index (χ4v) is 3.67. The Labute approximate surface area is 91.2 Å². The van der Waals surface area contributed by atoms with E-state index in [4.69, 9.17) is 0 Å². The van der Waals surface area contributed by atoms with Crippen molar-refractivity contribution in [3.63, 3.8) is 0 Å². The van der Waals surface area contributed by atoms with Crippen molar-refractivity contribution >= 4 is 5.91 Å². The first-order valence-corrected chi connectivity index (χ1v) is 6.34. The lowest BCUT2D eigenvalue weighted by Gasteiger charge is -2.32. The third-order valence-corrected chi connectivity index (χ3v) is 4.48. The van der Waals surface area contributed by atoms with Crippen molar-refractivity contribution in [2.75, 3.05) is 26.2 Å². The van der Waals surface area contributed by atoms with Gasteiger partial charge in [0.25, 0.3) is 0 Å². The van der Waals surface area contributed by atoms with Gasteiger partial charge in [-0.15, -0.1) is 0 Å². The highest BCUT2D eigenvalue weighted by Crippen LogP contribution is 2.48. The van der Waals surface area contributed by atoms with Gasteiger partial charge in [-0.05, 0) is 31.1 Å². The Bertz CT molecular complexity index is 260. The smallest absolute Gasteiger partial charge is 0.226 e. The normalized spacial score (nSPS) is 39.7. The molecule has 3 aliphatic rings. The van der Waals surface area contributed by atoms with Gasteiger partial charge in [-0.2, -0.15) is 0 Å². The van der Waals surface area contributed by atoms with Crippen LogP contribution in [-0.4, -0.2) is 37.0 Å². The summed E-state index contributed by atoms with van der Waals surface area (Å²) in [7, 11) is 0. The number of nitrogens with zero attached hydrogens (tertiary/aromatic N) is 1. The van der Waals surface area contributed by atoms with Gasteiger partial charge in [0, 0.05) is 32.1 Å². The van der Waals surface area contributed by atoms with Crippen LogP contribution in [0.4, 0.5) is 0 Å². The van der Waals surface area contributed by atoms with Crippen molar-refractivity contribution in [3.8, 4) is 0 Å². The number of nitrogens with one attached hydrogen (secondary N) is 1. The second-order valence-electron chi connectivity index (χ2n) is 5.36. The highest BCUT2D eigenvalue weighted by atomic mass is 16.2. The summed E-state index contributed by atoms with van der Waals surface area (Å²) in [6.07, 6.45) is 5.22. The fraction of sp³-hybridized carbons (Fsp3) is 0.917. The van der Waals surface area contributed by atoms with Crippen molar-refractivity contribution in [1.29, 1.82) is 0 Å². The van der Waals surface area contributed by atoms with Gasteiger partial charge in [0.05, 0.1) is 0 Å². The van der Waals surface area contributed by atoms with Crippen LogP contribution in [0, 0.1) is 17.8 Å². The molecule has 2 bridgehead atoms. The van der Waals surface area contributed by atoms with E-state index in [0.717, 1.165) is 38.0 Å². The van der Waals surface area contributed by atoms with Gasteiger partial charge in [0.2, 0.25) is 5.91 Å². The minimum Gasteiger partial charge on any atom is -0.340 e. The molecule has 3 unspecified atom stereocenters. The molecule has 15 heavy (non-hydrogen) atoms. The van der Waals surface area contributed by atoms with E-state index in [1.54, 1.807) is 0 Å². The monoisotopic (exact) mass is 208 g/mol.